The van der Waals surface area contributed by atoms with Crippen LogP contribution in [-0.2, 0) is 66.3 Å². The van der Waals surface area contributed by atoms with Gasteiger partial charge >= 0.3 is 0 Å². The molecule has 0 aromatic carbocycles. The van der Waals surface area contributed by atoms with E-state index < -0.39 is 255 Å². The molecule has 36 heteroatoms. The van der Waals surface area contributed by atoms with Crippen LogP contribution >= 0.6 is 11.8 Å². The summed E-state index contributed by atoms with van der Waals surface area (Å²) >= 11 is 1.03. The summed E-state index contributed by atoms with van der Waals surface area (Å²) in [5.41, 5.74) is 0. The zero-order valence-electron chi connectivity index (χ0n) is 43.5. The van der Waals surface area contributed by atoms with E-state index in [1.54, 1.807) is 18.2 Å². The number of aliphatic hydroxyl groups is 20. The molecule has 22 heterocycles. The third-order valence-corrected chi connectivity index (χ3v) is 16.7. The smallest absolute Gasteiger partial charge is 0.187 e. The fourth-order valence-corrected chi connectivity index (χ4v) is 11.9. The van der Waals surface area contributed by atoms with Crippen molar-refractivity contribution in [2.75, 3.05) is 45.4 Å². The molecule has 35 atom stereocenters. The summed E-state index contributed by atoms with van der Waals surface area (Å²) in [6.45, 7) is -6.21. The summed E-state index contributed by atoms with van der Waals surface area (Å²) in [5, 5.41) is 223. The van der Waals surface area contributed by atoms with Gasteiger partial charge in [-0.2, -0.15) is 0 Å². The predicted octanol–water partition coefficient (Wildman–Crippen LogP) is -13.0. The highest BCUT2D eigenvalue weighted by atomic mass is 32.2. The monoisotopic (exact) mass is 1230 g/mol. The second-order valence-corrected chi connectivity index (χ2v) is 22.0. The van der Waals surface area contributed by atoms with Crippen molar-refractivity contribution in [2.45, 2.75) is 220 Å². The number of pyridine rings is 1. The predicted molar refractivity (Wildman–Crippen MR) is 256 cm³/mol. The van der Waals surface area contributed by atoms with Gasteiger partial charge in [-0.1, -0.05) is 6.07 Å². The molecule has 0 aliphatic carbocycles. The average molecular weight is 1230 g/mol. The molecule has 0 saturated carbocycles. The van der Waals surface area contributed by atoms with Gasteiger partial charge in [-0.15, -0.1) is 11.8 Å². The van der Waals surface area contributed by atoms with E-state index in [-0.39, 0.29) is 5.75 Å². The minimum Gasteiger partial charge on any atom is -0.394 e. The lowest BCUT2D eigenvalue weighted by Gasteiger charge is -2.50. The summed E-state index contributed by atoms with van der Waals surface area (Å²) in [4.78, 5) is 4.24. The fraction of sp³-hybridized carbons (Fsp3) is 0.894. The van der Waals surface area contributed by atoms with Crippen LogP contribution in [0.1, 0.15) is 0 Å². The van der Waals surface area contributed by atoms with Crippen LogP contribution in [-0.4, -0.2) is 367 Å². The van der Waals surface area contributed by atoms with Gasteiger partial charge in [-0.3, -0.25) is 0 Å². The molecule has 1 aromatic rings. The highest BCUT2D eigenvalue weighted by molar-refractivity contribution is 7.99. The van der Waals surface area contributed by atoms with Gasteiger partial charge < -0.3 is 168 Å². The Hall–Kier alpha value is -1.86. The molecule has 0 spiro atoms. The average Bonchev–Trinajstić information content (AvgIpc) is 3.65. The van der Waals surface area contributed by atoms with E-state index in [0.29, 0.717) is 5.03 Å². The first-order valence-corrected chi connectivity index (χ1v) is 27.6. The van der Waals surface area contributed by atoms with Gasteiger partial charge in [0.15, 0.2) is 44.0 Å². The number of nitrogens with zero attached hydrogens (tertiary/aromatic N) is 1. The molecule has 83 heavy (non-hydrogen) atoms. The third-order valence-electron chi connectivity index (χ3n) is 15.6. The minimum absolute atomic E-state index is 0.203. The van der Waals surface area contributed by atoms with Crippen LogP contribution in [0.15, 0.2) is 29.4 Å². The lowest BCUT2D eigenvalue weighted by Crippen LogP contribution is -2.68. The maximum absolute atomic E-state index is 11.8. The van der Waals surface area contributed by atoms with Gasteiger partial charge in [0, 0.05) is 11.9 Å². The molecule has 0 radical (unpaired) electrons. The largest absolute Gasteiger partial charge is 0.394 e. The van der Waals surface area contributed by atoms with Crippen molar-refractivity contribution in [3.63, 3.8) is 0 Å². The van der Waals surface area contributed by atoms with Crippen LogP contribution in [0.2, 0.25) is 0 Å². The van der Waals surface area contributed by atoms with E-state index in [1.807, 2.05) is 0 Å². The topological polar surface area (TPSA) is 547 Å². The van der Waals surface area contributed by atoms with Crippen molar-refractivity contribution in [2.24, 2.45) is 0 Å². The molecule has 35 nitrogen and oxygen atoms in total. The van der Waals surface area contributed by atoms with E-state index in [9.17, 15) is 102 Å². The van der Waals surface area contributed by atoms with E-state index in [1.165, 1.54) is 6.20 Å². The maximum atomic E-state index is 11.8. The van der Waals surface area contributed by atoms with Crippen LogP contribution in [0, 0.1) is 0 Å². The quantitative estimate of drug-likeness (QED) is 0.102. The van der Waals surface area contributed by atoms with E-state index >= 15 is 0 Å². The molecule has 476 valence electrons. The van der Waals surface area contributed by atoms with Gasteiger partial charge in [0.1, 0.15) is 165 Å². The lowest BCUT2D eigenvalue weighted by atomic mass is 9.95. The molecule has 14 bridgehead atoms. The molecule has 1 aromatic heterocycles. The van der Waals surface area contributed by atoms with Crippen LogP contribution in [0.5, 0.6) is 0 Å². The number of hydrogen-bond acceptors (Lipinski definition) is 36. The van der Waals surface area contributed by atoms with Gasteiger partial charge in [0.05, 0.1) is 50.8 Å². The van der Waals surface area contributed by atoms with Crippen LogP contribution in [0.25, 0.3) is 0 Å². The van der Waals surface area contributed by atoms with Crippen molar-refractivity contribution in [1.29, 1.82) is 0 Å². The van der Waals surface area contributed by atoms with Crippen molar-refractivity contribution >= 4 is 11.8 Å². The van der Waals surface area contributed by atoms with Crippen molar-refractivity contribution in [3.05, 3.63) is 24.4 Å². The second kappa shape index (κ2) is 28.3. The molecule has 21 aliphatic heterocycles. The Kier molecular flexibility index (Phi) is 22.4. The Morgan fingerprint density at radius 3 is 0.675 bits per heavy atom. The Morgan fingerprint density at radius 1 is 0.277 bits per heavy atom. The van der Waals surface area contributed by atoms with E-state index in [0.717, 1.165) is 11.8 Å². The number of aromatic nitrogens is 1. The van der Waals surface area contributed by atoms with Gasteiger partial charge in [-0.25, -0.2) is 4.98 Å². The molecule has 21 fully saturated rings. The number of hydrogen-bond donors (Lipinski definition) is 20. The Bertz CT molecular complexity index is 2140. The highest BCUT2D eigenvalue weighted by Gasteiger charge is 2.59. The van der Waals surface area contributed by atoms with Gasteiger partial charge in [-0.05, 0) is 12.1 Å². The number of aliphatic hydroxyl groups excluding tert-OH is 20. The Morgan fingerprint density at radius 2 is 0.482 bits per heavy atom. The summed E-state index contributed by atoms with van der Waals surface area (Å²) < 4.78 is 81.3. The molecule has 0 unspecified atom stereocenters. The molecule has 20 N–H and O–H groups in total. The van der Waals surface area contributed by atoms with Crippen LogP contribution in [0.3, 0.4) is 0 Å². The zero-order valence-corrected chi connectivity index (χ0v) is 44.3. The van der Waals surface area contributed by atoms with Crippen LogP contribution < -0.4 is 0 Å². The van der Waals surface area contributed by atoms with Crippen molar-refractivity contribution in [1.82, 2.24) is 4.98 Å². The second-order valence-electron chi connectivity index (χ2n) is 20.9. The first kappa shape index (κ1) is 65.6. The summed E-state index contributed by atoms with van der Waals surface area (Å²) in [5.74, 6) is -0.203. The maximum Gasteiger partial charge on any atom is 0.187 e. The van der Waals surface area contributed by atoms with Crippen molar-refractivity contribution < 1.29 is 168 Å². The van der Waals surface area contributed by atoms with E-state index in [4.69, 9.17) is 66.3 Å². The van der Waals surface area contributed by atoms with E-state index in [2.05, 4.69) is 4.98 Å². The minimum atomic E-state index is -2.21. The summed E-state index contributed by atoms with van der Waals surface area (Å²) in [6.07, 6.45) is -67.8. The third kappa shape index (κ3) is 13.4. The molecular formula is C47H73NO34S. The van der Waals surface area contributed by atoms with Crippen molar-refractivity contribution in [3.8, 4) is 0 Å². The van der Waals surface area contributed by atoms with Crippen LogP contribution in [0.4, 0.5) is 0 Å². The Labute approximate surface area is 474 Å². The molecule has 0 amide bonds. The standard InChI is InChI=1S/C47H73NO34S/c49-5-12-34-21(56)28(63)42(70-12)78-36-14(7-51)72-44(30(65)23(36)58)80-38-16(9-53)74-46(32(67)25(38)60)82-40-18(11-83-19-3-1-2-4-48-19)75-47(33(68)26(40)61)81-39-17(10-54)73-45(31(66)24(39)59)79-37-15(8-52)71-43(29(64)22(37)57)77-35-13(6-50)69-41(76-34)27(62)20(35)55/h1-4,12-18,20-47,49-68H,5-11H2/t12-,13-,14-,15-,16-,17-,18-,20-,21-,22-,23-,24-,25-,26-,27-,28-,29-,30-,31-,32-,33-,34-,35-,36-,37-,38-,39-,40-,41-,42-,43-,44-,45-,46-,47-/m1/s1. The fourth-order valence-electron chi connectivity index (χ4n) is 11.0. The first-order chi connectivity index (χ1) is 39.7. The number of thioether (sulfide) groups is 1. The Balaban J connectivity index is 1.01. The summed E-state index contributed by atoms with van der Waals surface area (Å²) in [7, 11) is 0. The number of rotatable bonds is 9. The number of ether oxygens (including phenoxy) is 14. The normalized spacial score (nSPS) is 52.2. The lowest BCUT2D eigenvalue weighted by molar-refractivity contribution is -0.396. The summed E-state index contributed by atoms with van der Waals surface area (Å²) in [6, 6.07) is 4.89. The van der Waals surface area contributed by atoms with Gasteiger partial charge in [0.25, 0.3) is 0 Å². The molecular weight excluding hydrogens is 1150 g/mol. The molecule has 21 saturated heterocycles. The zero-order chi connectivity index (χ0) is 59.9. The SMILES string of the molecule is OC[C@H]1O[C@@H]2O[C@H]3[C@H](O)[C@@H](O)[C@@H](O[C@H]4[C@H](O)[C@@H](O)[C@@H](O[C@H]5[C@H](O)[C@@H](O)[C@@H](O[C@H]6[C@H](O)[C@@H](O)[C@@H](O[C@H]7[C@H](O)[C@@H](O)[C@@H](O[C@H]8[C@H](O)[C@@H](O)[C@@H](O[C@H]1[C@H](O)[C@H]2O)O[C@@H]8CO)O[C@@H]7CO)O[C@@H]6CO)O[C@@H]5CSc1ccccn1)O[C@@H]4CO)O[C@@H]3CO. The first-order valence-electron chi connectivity index (χ1n) is 26.6. The van der Waals surface area contributed by atoms with Gasteiger partial charge in [0.2, 0.25) is 0 Å². The molecule has 22 rings (SSSR count). The molecule has 21 aliphatic rings. The highest BCUT2D eigenvalue weighted by Crippen LogP contribution is 2.39.